The first-order chi connectivity index (χ1) is 24.6. The fourth-order valence-corrected chi connectivity index (χ4v) is 9.51. The first-order valence-electron chi connectivity index (χ1n) is 17.2. The van der Waals surface area contributed by atoms with Gasteiger partial charge in [-0.2, -0.15) is 22.3 Å². The molecule has 0 radical (unpaired) electrons. The Morgan fingerprint density at radius 3 is 2.04 bits per heavy atom. The van der Waals surface area contributed by atoms with Crippen molar-refractivity contribution >= 4 is 27.9 Å². The number of amides is 1. The summed E-state index contributed by atoms with van der Waals surface area (Å²) in [5, 5.41) is 12.7. The maximum atomic E-state index is 14.9. The van der Waals surface area contributed by atoms with Crippen LogP contribution in [0.4, 0.5) is 0 Å². The first-order valence-corrected chi connectivity index (χ1v) is 18.6. The molecule has 3 saturated heterocycles. The van der Waals surface area contributed by atoms with E-state index < -0.39 is 15.7 Å². The number of fused-ring (bicyclic) bond motifs is 1. The van der Waals surface area contributed by atoms with Crippen molar-refractivity contribution in [1.29, 1.82) is 5.26 Å². The van der Waals surface area contributed by atoms with Gasteiger partial charge in [-0.15, -0.1) is 0 Å². The SMILES string of the molecule is CCOC(=O)C1CCN(S(=O)(=O)N2CC3C(C2)C3N2C(=O)C(Cc3ccncc3)(Cc3ccncc3)N/C2=C\C(=O)c2ccc(C#N)cc2)CC1. The zero-order valence-corrected chi connectivity index (χ0v) is 29.0. The van der Waals surface area contributed by atoms with Crippen LogP contribution in [0.2, 0.25) is 0 Å². The number of carbonyl (C=O) groups excluding carboxylic acids is 3. The van der Waals surface area contributed by atoms with Crippen LogP contribution in [0.5, 0.6) is 0 Å². The lowest BCUT2D eigenvalue weighted by molar-refractivity contribution is -0.149. The molecule has 1 amide bonds. The standard InChI is InChI=1S/C37H39N7O6S/c1-2-50-35(46)29-11-17-42(18-12-29)51(48,49)43-23-30-31(24-43)34(30)44-33(19-32(45)28-5-3-27(22-38)4-6-28)41-37(36(44)47,20-25-7-13-39-14-8-25)21-26-9-15-40-16-10-26/h3-10,13-16,19,29-31,34,41H,2,11-12,17-18,20-21,23-24H2,1H3/b33-19+. The van der Waals surface area contributed by atoms with Crippen molar-refractivity contribution in [1.82, 2.24) is 28.8 Å². The minimum atomic E-state index is -3.77. The van der Waals surface area contributed by atoms with Gasteiger partial charge >= 0.3 is 5.97 Å². The van der Waals surface area contributed by atoms with Gasteiger partial charge in [-0.3, -0.25) is 29.3 Å². The van der Waals surface area contributed by atoms with Crippen LogP contribution in [-0.2, 0) is 37.4 Å². The number of benzene rings is 1. The number of nitrogens with zero attached hydrogens (tertiary/aromatic N) is 6. The molecule has 1 aliphatic carbocycles. The van der Waals surface area contributed by atoms with Crippen LogP contribution in [0, 0.1) is 29.1 Å². The third-order valence-electron chi connectivity index (χ3n) is 10.5. The average molecular weight is 710 g/mol. The van der Waals surface area contributed by atoms with Gasteiger partial charge in [0.15, 0.2) is 5.78 Å². The number of rotatable bonds is 11. The van der Waals surface area contributed by atoms with Crippen molar-refractivity contribution in [3.05, 3.63) is 107 Å². The van der Waals surface area contributed by atoms with E-state index >= 15 is 0 Å². The Morgan fingerprint density at radius 1 is 0.941 bits per heavy atom. The van der Waals surface area contributed by atoms with Crippen LogP contribution in [0.3, 0.4) is 0 Å². The van der Waals surface area contributed by atoms with Gasteiger partial charge < -0.3 is 10.1 Å². The first kappa shape index (κ1) is 34.5. The lowest BCUT2D eigenvalue weighted by Crippen LogP contribution is -2.51. The van der Waals surface area contributed by atoms with E-state index in [1.165, 1.54) is 14.7 Å². The van der Waals surface area contributed by atoms with Crippen LogP contribution in [0.1, 0.15) is 46.8 Å². The number of nitrogens with one attached hydrogen (secondary N) is 1. The summed E-state index contributed by atoms with van der Waals surface area (Å²) in [6, 6.07) is 15.5. The fourth-order valence-electron chi connectivity index (χ4n) is 7.79. The summed E-state index contributed by atoms with van der Waals surface area (Å²) in [6.07, 6.45) is 9.61. The van der Waals surface area contributed by atoms with Crippen molar-refractivity contribution in [2.75, 3.05) is 32.8 Å². The van der Waals surface area contributed by atoms with E-state index in [4.69, 9.17) is 4.74 Å². The second kappa shape index (κ2) is 14.0. The van der Waals surface area contributed by atoms with Crippen molar-refractivity contribution in [2.24, 2.45) is 17.8 Å². The van der Waals surface area contributed by atoms with Gasteiger partial charge in [0.2, 0.25) is 0 Å². The van der Waals surface area contributed by atoms with Crippen LogP contribution in [0.25, 0.3) is 0 Å². The zero-order valence-electron chi connectivity index (χ0n) is 28.2. The maximum Gasteiger partial charge on any atom is 0.309 e. The van der Waals surface area contributed by atoms with Crippen LogP contribution in [-0.4, -0.2) is 93.9 Å². The Hall–Kier alpha value is -4.97. The molecule has 2 aromatic heterocycles. The van der Waals surface area contributed by atoms with Gasteiger partial charge in [0.05, 0.1) is 24.2 Å². The maximum absolute atomic E-state index is 14.9. The molecule has 1 saturated carbocycles. The number of hydrogen-bond acceptors (Lipinski definition) is 10. The minimum Gasteiger partial charge on any atom is -0.466 e. The van der Waals surface area contributed by atoms with Gasteiger partial charge in [-0.05, 0) is 79.4 Å². The molecule has 14 heteroatoms. The molecule has 7 rings (SSSR count). The van der Waals surface area contributed by atoms with Gasteiger partial charge in [0.1, 0.15) is 11.4 Å². The molecule has 0 spiro atoms. The second-order valence-electron chi connectivity index (χ2n) is 13.6. The second-order valence-corrected chi connectivity index (χ2v) is 15.5. The molecule has 3 aromatic rings. The third kappa shape index (κ3) is 6.76. The van der Waals surface area contributed by atoms with E-state index in [0.29, 0.717) is 49.2 Å². The van der Waals surface area contributed by atoms with Gasteiger partial charge in [-0.25, -0.2) is 0 Å². The molecular weight excluding hydrogens is 671 g/mol. The highest BCUT2D eigenvalue weighted by molar-refractivity contribution is 7.86. The molecule has 4 aliphatic rings. The minimum absolute atomic E-state index is 0.117. The fraction of sp³-hybridized carbons (Fsp3) is 0.405. The van der Waals surface area contributed by atoms with E-state index in [1.54, 1.807) is 60.9 Å². The summed E-state index contributed by atoms with van der Waals surface area (Å²) >= 11 is 0. The topological polar surface area (TPSA) is 166 Å². The molecular formula is C37H39N7O6S. The third-order valence-corrected chi connectivity index (χ3v) is 12.4. The lowest BCUT2D eigenvalue weighted by atomic mass is 9.85. The van der Waals surface area contributed by atoms with E-state index in [9.17, 15) is 28.1 Å². The summed E-state index contributed by atoms with van der Waals surface area (Å²) in [5.74, 6) is -0.975. The summed E-state index contributed by atoms with van der Waals surface area (Å²) in [7, 11) is -3.77. The van der Waals surface area contributed by atoms with E-state index in [2.05, 4.69) is 21.4 Å². The number of esters is 1. The summed E-state index contributed by atoms with van der Waals surface area (Å²) in [6.45, 7) is 3.02. The highest BCUT2D eigenvalue weighted by Gasteiger charge is 2.66. The number of allylic oxidation sites excluding steroid dienone is 1. The Balaban J connectivity index is 1.15. The molecule has 1 aromatic carbocycles. The molecule has 4 fully saturated rings. The molecule has 51 heavy (non-hydrogen) atoms. The van der Waals surface area contributed by atoms with Crippen molar-refractivity contribution < 1.29 is 27.5 Å². The van der Waals surface area contributed by atoms with Gasteiger partial charge in [-0.1, -0.05) is 0 Å². The number of piperidine rings is 2. The van der Waals surface area contributed by atoms with Crippen LogP contribution >= 0.6 is 0 Å². The predicted octanol–water partition coefficient (Wildman–Crippen LogP) is 2.48. The van der Waals surface area contributed by atoms with E-state index in [1.807, 2.05) is 24.3 Å². The highest BCUT2D eigenvalue weighted by atomic mass is 32.2. The van der Waals surface area contributed by atoms with Crippen LogP contribution in [0.15, 0.2) is 85.2 Å². The average Bonchev–Trinajstić information content (AvgIpc) is 3.47. The zero-order chi connectivity index (χ0) is 35.8. The molecule has 2 atom stereocenters. The number of hydrogen-bond donors (Lipinski definition) is 1. The molecule has 264 valence electrons. The quantitative estimate of drug-likeness (QED) is 0.178. The number of aromatic nitrogens is 2. The highest BCUT2D eigenvalue weighted by Crippen LogP contribution is 2.53. The molecule has 2 unspecified atom stereocenters. The Bertz CT molecular complexity index is 1920. The normalized spacial score (nSPS) is 24.2. The van der Waals surface area contributed by atoms with Gasteiger partial charge in [0.25, 0.3) is 16.1 Å². The molecule has 1 N–H and O–H groups in total. The largest absolute Gasteiger partial charge is 0.466 e. The van der Waals surface area contributed by atoms with Gasteiger partial charge in [0, 0.05) is 93.3 Å². The molecule has 0 bridgehead atoms. The summed E-state index contributed by atoms with van der Waals surface area (Å²) < 4.78 is 35.5. The number of nitriles is 1. The van der Waals surface area contributed by atoms with Crippen molar-refractivity contribution in [3.8, 4) is 6.07 Å². The molecule has 13 nitrogen and oxygen atoms in total. The monoisotopic (exact) mass is 709 g/mol. The van der Waals surface area contributed by atoms with Crippen molar-refractivity contribution in [3.63, 3.8) is 0 Å². The number of carbonyl (C=O) groups is 3. The number of ketones is 1. The molecule has 5 heterocycles. The Kier molecular flexibility index (Phi) is 9.45. The Morgan fingerprint density at radius 2 is 1.51 bits per heavy atom. The Labute approximate surface area is 297 Å². The number of pyridine rings is 2. The van der Waals surface area contributed by atoms with Crippen molar-refractivity contribution in [2.45, 2.75) is 44.2 Å². The number of ether oxygens (including phenoxy) is 1. The summed E-state index contributed by atoms with van der Waals surface area (Å²) in [5.41, 5.74) is 1.43. The predicted molar refractivity (Wildman–Crippen MR) is 184 cm³/mol. The van der Waals surface area contributed by atoms with Crippen LogP contribution < -0.4 is 5.32 Å². The summed E-state index contributed by atoms with van der Waals surface area (Å²) in [4.78, 5) is 50.7. The smallest absolute Gasteiger partial charge is 0.309 e. The van der Waals surface area contributed by atoms with E-state index in [-0.39, 0.29) is 67.6 Å². The van der Waals surface area contributed by atoms with E-state index in [0.717, 1.165) is 11.1 Å². The lowest BCUT2D eigenvalue weighted by Gasteiger charge is -2.34. The molecule has 3 aliphatic heterocycles.